The van der Waals surface area contributed by atoms with Gasteiger partial charge in [0.15, 0.2) is 0 Å². The van der Waals surface area contributed by atoms with Crippen LogP contribution >= 0.6 is 15.9 Å². The van der Waals surface area contributed by atoms with Gasteiger partial charge in [0.2, 0.25) is 10.0 Å². The summed E-state index contributed by atoms with van der Waals surface area (Å²) in [5.74, 6) is -0.532. The third kappa shape index (κ3) is 5.23. The van der Waals surface area contributed by atoms with E-state index in [9.17, 15) is 23.3 Å². The van der Waals surface area contributed by atoms with Crippen molar-refractivity contribution in [2.45, 2.75) is 0 Å². The summed E-state index contributed by atoms with van der Waals surface area (Å²) in [6, 6.07) is 3.82. The van der Waals surface area contributed by atoms with E-state index in [0.29, 0.717) is 4.47 Å². The number of rotatable bonds is 6. The van der Waals surface area contributed by atoms with Gasteiger partial charge in [0.25, 0.3) is 11.6 Å². The summed E-state index contributed by atoms with van der Waals surface area (Å²) in [4.78, 5) is 21.9. The first-order valence-corrected chi connectivity index (χ1v) is 8.06. The van der Waals surface area contributed by atoms with Crippen molar-refractivity contribution < 1.29 is 18.1 Å². The van der Waals surface area contributed by atoms with Gasteiger partial charge in [-0.05, 0) is 22.0 Å². The molecule has 2 N–H and O–H groups in total. The monoisotopic (exact) mass is 365 g/mol. The number of nitrogens with zero attached hydrogens (tertiary/aromatic N) is 1. The van der Waals surface area contributed by atoms with Crippen LogP contribution in [0, 0.1) is 10.1 Å². The van der Waals surface area contributed by atoms with Gasteiger partial charge in [-0.15, -0.1) is 0 Å². The zero-order chi connectivity index (χ0) is 15.3. The number of carbonyl (C=O) groups excluding carboxylic acids is 1. The number of nitro benzene ring substituents is 1. The summed E-state index contributed by atoms with van der Waals surface area (Å²) in [6.45, 7) is 0.109. The molecule has 0 radical (unpaired) electrons. The predicted molar refractivity (Wildman–Crippen MR) is 76.0 cm³/mol. The lowest BCUT2D eigenvalue weighted by Crippen LogP contribution is -2.34. The number of hydrogen-bond donors (Lipinski definition) is 2. The third-order valence-electron chi connectivity index (χ3n) is 2.18. The predicted octanol–water partition coefficient (Wildman–Crippen LogP) is 0.636. The van der Waals surface area contributed by atoms with Gasteiger partial charge in [-0.25, -0.2) is 13.1 Å². The van der Waals surface area contributed by atoms with Crippen molar-refractivity contribution in [2.75, 3.05) is 19.3 Å². The van der Waals surface area contributed by atoms with Crippen molar-refractivity contribution in [2.24, 2.45) is 0 Å². The highest BCUT2D eigenvalue weighted by Gasteiger charge is 2.15. The summed E-state index contributed by atoms with van der Waals surface area (Å²) in [6.07, 6.45) is 1.01. The van der Waals surface area contributed by atoms with Crippen LogP contribution in [0.25, 0.3) is 0 Å². The molecule has 0 atom stereocenters. The molecule has 0 aliphatic rings. The zero-order valence-corrected chi connectivity index (χ0v) is 12.8. The average Bonchev–Trinajstić information content (AvgIpc) is 2.33. The quantitative estimate of drug-likeness (QED) is 0.435. The van der Waals surface area contributed by atoms with Crippen molar-refractivity contribution in [3.63, 3.8) is 0 Å². The molecule has 20 heavy (non-hydrogen) atoms. The molecule has 0 aliphatic heterocycles. The molecule has 0 aliphatic carbocycles. The Bertz CT molecular complexity index is 632. The molecule has 0 unspecified atom stereocenters. The number of sulfonamides is 1. The molecule has 110 valence electrons. The molecule has 0 spiro atoms. The van der Waals surface area contributed by atoms with E-state index in [1.165, 1.54) is 12.1 Å². The molecule has 0 fully saturated rings. The Morgan fingerprint density at radius 2 is 2.05 bits per heavy atom. The van der Waals surface area contributed by atoms with E-state index in [4.69, 9.17) is 0 Å². The lowest BCUT2D eigenvalue weighted by Gasteiger charge is -2.07. The van der Waals surface area contributed by atoms with Gasteiger partial charge in [-0.2, -0.15) is 0 Å². The molecule has 0 heterocycles. The molecule has 10 heteroatoms. The number of benzene rings is 1. The van der Waals surface area contributed by atoms with Gasteiger partial charge in [-0.1, -0.05) is 0 Å². The SMILES string of the molecule is CS(=O)(=O)NCCNC(=O)c1cc([N+](=O)[O-])ccc1Br. The summed E-state index contributed by atoms with van der Waals surface area (Å²) in [5.41, 5.74) is -0.0915. The van der Waals surface area contributed by atoms with Crippen LogP contribution in [0.3, 0.4) is 0 Å². The van der Waals surface area contributed by atoms with E-state index in [-0.39, 0.29) is 24.3 Å². The summed E-state index contributed by atoms with van der Waals surface area (Å²) in [7, 11) is -3.31. The summed E-state index contributed by atoms with van der Waals surface area (Å²) >= 11 is 3.13. The third-order valence-corrected chi connectivity index (χ3v) is 3.60. The fourth-order valence-corrected chi connectivity index (χ4v) is 2.21. The topological polar surface area (TPSA) is 118 Å². The Morgan fingerprint density at radius 1 is 1.40 bits per heavy atom. The van der Waals surface area contributed by atoms with E-state index in [1.54, 1.807) is 0 Å². The average molecular weight is 366 g/mol. The van der Waals surface area contributed by atoms with E-state index >= 15 is 0 Å². The number of halogens is 1. The van der Waals surface area contributed by atoms with Crippen molar-refractivity contribution in [1.82, 2.24) is 10.0 Å². The molecule has 1 aromatic carbocycles. The highest BCUT2D eigenvalue weighted by Crippen LogP contribution is 2.22. The lowest BCUT2D eigenvalue weighted by atomic mass is 10.2. The van der Waals surface area contributed by atoms with E-state index in [1.807, 2.05) is 0 Å². The van der Waals surface area contributed by atoms with Crippen molar-refractivity contribution in [3.8, 4) is 0 Å². The number of non-ortho nitro benzene ring substituents is 1. The summed E-state index contributed by atoms with van der Waals surface area (Å²) < 4.78 is 24.3. The highest BCUT2D eigenvalue weighted by molar-refractivity contribution is 9.10. The van der Waals surface area contributed by atoms with Gasteiger partial charge >= 0.3 is 0 Å². The Morgan fingerprint density at radius 3 is 2.60 bits per heavy atom. The van der Waals surface area contributed by atoms with Crippen LogP contribution in [0.5, 0.6) is 0 Å². The molecule has 0 saturated heterocycles. The normalized spacial score (nSPS) is 11.1. The molecule has 0 saturated carbocycles. The number of carbonyl (C=O) groups is 1. The molecule has 1 amide bonds. The fourth-order valence-electron chi connectivity index (χ4n) is 1.31. The van der Waals surface area contributed by atoms with Gasteiger partial charge in [0.05, 0.1) is 16.7 Å². The van der Waals surface area contributed by atoms with Crippen LogP contribution < -0.4 is 10.0 Å². The number of hydrogen-bond acceptors (Lipinski definition) is 5. The maximum Gasteiger partial charge on any atom is 0.270 e. The number of nitrogens with one attached hydrogen (secondary N) is 2. The van der Waals surface area contributed by atoms with E-state index in [0.717, 1.165) is 12.3 Å². The van der Waals surface area contributed by atoms with Gasteiger partial charge < -0.3 is 5.32 Å². The van der Waals surface area contributed by atoms with Crippen molar-refractivity contribution in [3.05, 3.63) is 38.3 Å². The minimum absolute atomic E-state index is 0.0388. The molecule has 0 aromatic heterocycles. The van der Waals surface area contributed by atoms with Crippen molar-refractivity contribution >= 4 is 37.5 Å². The van der Waals surface area contributed by atoms with Crippen LogP contribution in [0.4, 0.5) is 5.69 Å². The minimum atomic E-state index is -3.31. The fraction of sp³-hybridized carbons (Fsp3) is 0.300. The zero-order valence-electron chi connectivity index (χ0n) is 10.4. The first-order chi connectivity index (χ1) is 9.20. The Kier molecular flexibility index (Phi) is 5.60. The van der Waals surface area contributed by atoms with E-state index < -0.39 is 20.9 Å². The van der Waals surface area contributed by atoms with Gasteiger partial charge in [0.1, 0.15) is 0 Å². The van der Waals surface area contributed by atoms with Gasteiger partial charge in [0, 0.05) is 29.7 Å². The first kappa shape index (κ1) is 16.5. The van der Waals surface area contributed by atoms with Crippen LogP contribution in [0.2, 0.25) is 0 Å². The first-order valence-electron chi connectivity index (χ1n) is 5.37. The van der Waals surface area contributed by atoms with Crippen LogP contribution in [-0.4, -0.2) is 38.6 Å². The summed E-state index contributed by atoms with van der Waals surface area (Å²) in [5, 5.41) is 13.1. The van der Waals surface area contributed by atoms with Crippen molar-refractivity contribution in [1.29, 1.82) is 0 Å². The molecular weight excluding hydrogens is 354 g/mol. The lowest BCUT2D eigenvalue weighted by molar-refractivity contribution is -0.384. The smallest absolute Gasteiger partial charge is 0.270 e. The number of nitro groups is 1. The van der Waals surface area contributed by atoms with Crippen LogP contribution in [0.15, 0.2) is 22.7 Å². The molecule has 1 aromatic rings. The van der Waals surface area contributed by atoms with Crippen LogP contribution in [-0.2, 0) is 10.0 Å². The Hall–Kier alpha value is -1.52. The minimum Gasteiger partial charge on any atom is -0.351 e. The Balaban J connectivity index is 2.68. The molecule has 0 bridgehead atoms. The standard InChI is InChI=1S/C10H12BrN3O5S/c1-20(18,19)13-5-4-12-10(15)8-6-7(14(16)17)2-3-9(8)11/h2-3,6,13H,4-5H2,1H3,(H,12,15). The van der Waals surface area contributed by atoms with E-state index in [2.05, 4.69) is 26.0 Å². The molecular formula is C10H12BrN3O5S. The van der Waals surface area contributed by atoms with Crippen LogP contribution in [0.1, 0.15) is 10.4 Å². The second kappa shape index (κ2) is 6.77. The number of amides is 1. The molecule has 8 nitrogen and oxygen atoms in total. The largest absolute Gasteiger partial charge is 0.351 e. The van der Waals surface area contributed by atoms with Gasteiger partial charge in [-0.3, -0.25) is 14.9 Å². The highest BCUT2D eigenvalue weighted by atomic mass is 79.9. The Labute approximate surface area is 123 Å². The second-order valence-electron chi connectivity index (χ2n) is 3.84. The second-order valence-corrected chi connectivity index (χ2v) is 6.53. The maximum atomic E-state index is 11.8. The molecule has 1 rings (SSSR count). The maximum absolute atomic E-state index is 11.8.